The van der Waals surface area contributed by atoms with E-state index in [9.17, 15) is 4.79 Å². The maximum atomic E-state index is 11.3. The lowest BCUT2D eigenvalue weighted by atomic mass is 9.93. The first-order valence-electron chi connectivity index (χ1n) is 6.70. The van der Waals surface area contributed by atoms with Gasteiger partial charge in [0.2, 0.25) is 0 Å². The first-order chi connectivity index (χ1) is 8.75. The van der Waals surface area contributed by atoms with Crippen LogP contribution in [0.25, 0.3) is 6.08 Å². The van der Waals surface area contributed by atoms with Crippen molar-refractivity contribution in [2.24, 2.45) is 5.92 Å². The van der Waals surface area contributed by atoms with E-state index in [4.69, 9.17) is 0 Å². The van der Waals surface area contributed by atoms with Crippen molar-refractivity contribution in [1.29, 1.82) is 0 Å². The zero-order valence-corrected chi connectivity index (χ0v) is 11.0. The van der Waals surface area contributed by atoms with Crippen LogP contribution in [0.15, 0.2) is 36.4 Å². The molecule has 0 amide bonds. The van der Waals surface area contributed by atoms with Gasteiger partial charge in [-0.1, -0.05) is 42.5 Å². The molecule has 96 valence electrons. The first-order valence-corrected chi connectivity index (χ1v) is 6.70. The summed E-state index contributed by atoms with van der Waals surface area (Å²) in [7, 11) is 0. The van der Waals surface area contributed by atoms with Crippen molar-refractivity contribution < 1.29 is 4.79 Å². The van der Waals surface area contributed by atoms with Gasteiger partial charge in [0.1, 0.15) is 5.78 Å². The minimum Gasteiger partial charge on any atom is -0.300 e. The molecular formula is C16H21NO. The lowest BCUT2D eigenvalue weighted by Crippen LogP contribution is -2.35. The van der Waals surface area contributed by atoms with Gasteiger partial charge in [-0.3, -0.25) is 9.69 Å². The Bertz CT molecular complexity index is 402. The number of ketones is 1. The van der Waals surface area contributed by atoms with Crippen LogP contribution in [0.3, 0.4) is 0 Å². The number of carbonyl (C=O) groups is 1. The lowest BCUT2D eigenvalue weighted by molar-refractivity contribution is -0.122. The number of hydrogen-bond donors (Lipinski definition) is 0. The van der Waals surface area contributed by atoms with Gasteiger partial charge in [-0.2, -0.15) is 0 Å². The molecular weight excluding hydrogens is 222 g/mol. The summed E-state index contributed by atoms with van der Waals surface area (Å²) in [5.41, 5.74) is 1.25. The van der Waals surface area contributed by atoms with E-state index in [1.807, 2.05) is 6.07 Å². The van der Waals surface area contributed by atoms with Crippen molar-refractivity contribution in [3.63, 3.8) is 0 Å². The highest BCUT2D eigenvalue weighted by Crippen LogP contribution is 2.17. The molecule has 0 aromatic heterocycles. The largest absolute Gasteiger partial charge is 0.300 e. The van der Waals surface area contributed by atoms with Crippen LogP contribution in [-0.2, 0) is 4.79 Å². The Balaban J connectivity index is 1.76. The minimum atomic E-state index is 0.305. The average molecular weight is 243 g/mol. The summed E-state index contributed by atoms with van der Waals surface area (Å²) >= 11 is 0. The van der Waals surface area contributed by atoms with Crippen molar-refractivity contribution in [3.8, 4) is 0 Å². The van der Waals surface area contributed by atoms with E-state index in [-0.39, 0.29) is 0 Å². The number of rotatable bonds is 4. The van der Waals surface area contributed by atoms with Gasteiger partial charge in [-0.05, 0) is 38.4 Å². The van der Waals surface area contributed by atoms with Crippen LogP contribution >= 0.6 is 0 Å². The Morgan fingerprint density at radius 3 is 2.56 bits per heavy atom. The molecule has 2 rings (SSSR count). The number of benzene rings is 1. The highest BCUT2D eigenvalue weighted by Gasteiger charge is 2.21. The minimum absolute atomic E-state index is 0.305. The Kier molecular flexibility index (Phi) is 4.71. The van der Waals surface area contributed by atoms with E-state index in [2.05, 4.69) is 41.3 Å². The molecule has 2 nitrogen and oxygen atoms in total. The number of piperidine rings is 1. The Labute approximate surface area is 109 Å². The van der Waals surface area contributed by atoms with Gasteiger partial charge in [0.05, 0.1) is 0 Å². The molecule has 1 fully saturated rings. The van der Waals surface area contributed by atoms with Gasteiger partial charge in [0.15, 0.2) is 0 Å². The predicted octanol–water partition coefficient (Wildman–Crippen LogP) is 3.00. The number of hydrogen-bond acceptors (Lipinski definition) is 2. The van der Waals surface area contributed by atoms with Crippen LogP contribution in [0.1, 0.15) is 25.3 Å². The fourth-order valence-electron chi connectivity index (χ4n) is 2.42. The Morgan fingerprint density at radius 2 is 1.94 bits per heavy atom. The van der Waals surface area contributed by atoms with Gasteiger partial charge in [-0.25, -0.2) is 0 Å². The summed E-state index contributed by atoms with van der Waals surface area (Å²) in [6.45, 7) is 4.79. The first kappa shape index (κ1) is 13.0. The highest BCUT2D eigenvalue weighted by molar-refractivity contribution is 5.78. The summed E-state index contributed by atoms with van der Waals surface area (Å²) in [4.78, 5) is 13.7. The molecule has 0 N–H and O–H groups in total. The second-order valence-electron chi connectivity index (χ2n) is 5.00. The zero-order valence-electron chi connectivity index (χ0n) is 11.0. The molecule has 1 aromatic rings. The van der Waals surface area contributed by atoms with Gasteiger partial charge in [0.25, 0.3) is 0 Å². The summed E-state index contributed by atoms with van der Waals surface area (Å²) in [5.74, 6) is 0.661. The van der Waals surface area contributed by atoms with Crippen LogP contribution in [0, 0.1) is 5.92 Å². The van der Waals surface area contributed by atoms with Gasteiger partial charge >= 0.3 is 0 Å². The van der Waals surface area contributed by atoms with Gasteiger partial charge in [0, 0.05) is 12.5 Å². The fourth-order valence-corrected chi connectivity index (χ4v) is 2.42. The van der Waals surface area contributed by atoms with E-state index in [0.29, 0.717) is 11.7 Å². The molecule has 18 heavy (non-hydrogen) atoms. The smallest absolute Gasteiger partial charge is 0.133 e. The quantitative estimate of drug-likeness (QED) is 0.810. The molecule has 0 spiro atoms. The van der Waals surface area contributed by atoms with Crippen LogP contribution in [-0.4, -0.2) is 30.3 Å². The summed E-state index contributed by atoms with van der Waals surface area (Å²) in [6.07, 6.45) is 6.42. The van der Waals surface area contributed by atoms with Gasteiger partial charge in [-0.15, -0.1) is 0 Å². The molecule has 0 aliphatic carbocycles. The molecule has 1 heterocycles. The average Bonchev–Trinajstić information content (AvgIpc) is 2.40. The number of nitrogens with zero attached hydrogens (tertiary/aromatic N) is 1. The van der Waals surface area contributed by atoms with Crippen molar-refractivity contribution >= 4 is 11.9 Å². The number of carbonyl (C=O) groups excluding carboxylic acids is 1. The molecule has 1 aliphatic rings. The van der Waals surface area contributed by atoms with Crippen LogP contribution < -0.4 is 0 Å². The molecule has 1 saturated heterocycles. The van der Waals surface area contributed by atoms with Crippen molar-refractivity contribution in [2.75, 3.05) is 19.6 Å². The third-order valence-corrected chi connectivity index (χ3v) is 3.64. The molecule has 1 aliphatic heterocycles. The highest BCUT2D eigenvalue weighted by atomic mass is 16.1. The van der Waals surface area contributed by atoms with Crippen LogP contribution in [0.5, 0.6) is 0 Å². The molecule has 0 bridgehead atoms. The zero-order chi connectivity index (χ0) is 12.8. The molecule has 0 radical (unpaired) electrons. The second-order valence-corrected chi connectivity index (χ2v) is 5.00. The molecule has 0 atom stereocenters. The van der Waals surface area contributed by atoms with Crippen LogP contribution in [0.4, 0.5) is 0 Å². The maximum absolute atomic E-state index is 11.3. The normalized spacial score (nSPS) is 18.3. The Hall–Kier alpha value is -1.41. The molecule has 0 saturated carbocycles. The maximum Gasteiger partial charge on any atom is 0.133 e. The van der Waals surface area contributed by atoms with Gasteiger partial charge < -0.3 is 0 Å². The summed E-state index contributed by atoms with van der Waals surface area (Å²) < 4.78 is 0. The molecule has 1 aromatic carbocycles. The Morgan fingerprint density at radius 1 is 1.28 bits per heavy atom. The number of likely N-dealkylation sites (tertiary alicyclic amines) is 1. The van der Waals surface area contributed by atoms with Crippen molar-refractivity contribution in [3.05, 3.63) is 42.0 Å². The third-order valence-electron chi connectivity index (χ3n) is 3.64. The lowest BCUT2D eigenvalue weighted by Gasteiger charge is -2.29. The SMILES string of the molecule is CC(=O)C1CCN(C/C=C/c2ccccc2)CC1. The van der Waals surface area contributed by atoms with Crippen LogP contribution in [0.2, 0.25) is 0 Å². The van der Waals surface area contributed by atoms with E-state index in [0.717, 1.165) is 32.5 Å². The van der Waals surface area contributed by atoms with Crippen molar-refractivity contribution in [2.45, 2.75) is 19.8 Å². The summed E-state index contributed by atoms with van der Waals surface area (Å²) in [6, 6.07) is 10.4. The fraction of sp³-hybridized carbons (Fsp3) is 0.438. The standard InChI is InChI=1S/C16H21NO/c1-14(18)16-9-12-17(13-10-16)11-5-8-15-6-3-2-4-7-15/h2-8,16H,9-13H2,1H3/b8-5+. The number of Topliss-reactive ketones (excluding diaryl/α,β-unsaturated/α-hetero) is 1. The summed E-state index contributed by atoms with van der Waals surface area (Å²) in [5, 5.41) is 0. The molecule has 0 unspecified atom stereocenters. The molecule has 2 heteroatoms. The van der Waals surface area contributed by atoms with E-state index >= 15 is 0 Å². The van der Waals surface area contributed by atoms with Crippen molar-refractivity contribution in [1.82, 2.24) is 4.90 Å². The topological polar surface area (TPSA) is 20.3 Å². The monoisotopic (exact) mass is 243 g/mol. The van der Waals surface area contributed by atoms with E-state index < -0.39 is 0 Å². The second kappa shape index (κ2) is 6.50. The third kappa shape index (κ3) is 3.81. The predicted molar refractivity (Wildman–Crippen MR) is 75.3 cm³/mol. The van der Waals surface area contributed by atoms with E-state index in [1.54, 1.807) is 6.92 Å². The van der Waals surface area contributed by atoms with E-state index in [1.165, 1.54) is 5.56 Å².